The molecule has 0 spiro atoms. The molecule has 2 aromatic rings. The number of anilines is 2. The van der Waals surface area contributed by atoms with E-state index in [1.165, 1.54) is 12.1 Å². The van der Waals surface area contributed by atoms with Crippen LogP contribution in [0.2, 0.25) is 0 Å². The number of hydrogen-bond acceptors (Lipinski definition) is 3. The Balaban J connectivity index is 2.03. The average Bonchev–Trinajstić information content (AvgIpc) is 2.41. The summed E-state index contributed by atoms with van der Waals surface area (Å²) in [6, 6.07) is 7.51. The highest BCUT2D eigenvalue weighted by atomic mass is 19.1. The van der Waals surface area contributed by atoms with E-state index in [-0.39, 0.29) is 0 Å². The van der Waals surface area contributed by atoms with E-state index in [0.29, 0.717) is 17.9 Å². The number of urea groups is 1. The number of rotatable bonds is 4. The molecule has 0 aliphatic carbocycles. The second-order valence-corrected chi connectivity index (χ2v) is 4.65. The van der Waals surface area contributed by atoms with E-state index in [2.05, 4.69) is 20.9 Å². The van der Waals surface area contributed by atoms with Crippen molar-refractivity contribution in [3.8, 4) is 0 Å². The number of nitrogens with one attached hydrogen (secondary N) is 3. The van der Waals surface area contributed by atoms with Crippen molar-refractivity contribution in [3.05, 3.63) is 53.6 Å². The minimum absolute atomic E-state index is 0.393. The van der Waals surface area contributed by atoms with E-state index >= 15 is 0 Å². The smallest absolute Gasteiger partial charge is 0.316 e. The Morgan fingerprint density at radius 3 is 2.62 bits per heavy atom. The third kappa shape index (κ3) is 4.54. The summed E-state index contributed by atoms with van der Waals surface area (Å²) < 4.78 is 13.5. The zero-order valence-corrected chi connectivity index (χ0v) is 11.9. The summed E-state index contributed by atoms with van der Waals surface area (Å²) in [5.74, 6) is -0.393. The van der Waals surface area contributed by atoms with Crippen molar-refractivity contribution in [2.24, 2.45) is 0 Å². The molecule has 0 fully saturated rings. The van der Waals surface area contributed by atoms with Gasteiger partial charge in [0.05, 0.1) is 11.9 Å². The average molecular weight is 288 g/mol. The topological polar surface area (TPSA) is 66.0 Å². The molecule has 0 saturated heterocycles. The van der Waals surface area contributed by atoms with E-state index in [0.717, 1.165) is 11.3 Å². The van der Waals surface area contributed by atoms with E-state index < -0.39 is 11.8 Å². The number of carbonyl (C=O) groups excluding carboxylic acids is 1. The van der Waals surface area contributed by atoms with Crippen LogP contribution >= 0.6 is 0 Å². The lowest BCUT2D eigenvalue weighted by molar-refractivity contribution is 0.262. The zero-order valence-electron chi connectivity index (χ0n) is 11.9. The van der Waals surface area contributed by atoms with E-state index in [1.807, 2.05) is 6.92 Å². The first-order valence-electron chi connectivity index (χ1n) is 6.51. The van der Waals surface area contributed by atoms with Crippen molar-refractivity contribution in [3.63, 3.8) is 0 Å². The molecule has 0 radical (unpaired) electrons. The molecular weight excluding hydrogens is 271 g/mol. The summed E-state index contributed by atoms with van der Waals surface area (Å²) in [5.41, 5.74) is 2.59. The molecule has 1 heterocycles. The predicted octanol–water partition coefficient (Wildman–Crippen LogP) is 2.89. The van der Waals surface area contributed by atoms with Crippen LogP contribution in [0.15, 0.2) is 36.5 Å². The molecule has 110 valence electrons. The lowest BCUT2D eigenvalue weighted by atomic mass is 10.2. The maximum absolute atomic E-state index is 13.5. The fourth-order valence-electron chi connectivity index (χ4n) is 1.86. The second kappa shape index (κ2) is 6.81. The zero-order chi connectivity index (χ0) is 15.2. The van der Waals surface area contributed by atoms with Crippen LogP contribution in [0.1, 0.15) is 11.3 Å². The third-order valence-corrected chi connectivity index (χ3v) is 2.77. The number of halogens is 1. The number of amides is 2. The quantitative estimate of drug-likeness (QED) is 0.810. The number of aryl methyl sites for hydroxylation is 1. The second-order valence-electron chi connectivity index (χ2n) is 4.65. The van der Waals surface area contributed by atoms with Gasteiger partial charge in [-0.25, -0.2) is 9.18 Å². The molecular formula is C15H17FN4O. The fourth-order valence-corrected chi connectivity index (χ4v) is 1.86. The van der Waals surface area contributed by atoms with Crippen LogP contribution in [0.5, 0.6) is 0 Å². The lowest BCUT2D eigenvalue weighted by Crippen LogP contribution is -2.20. The van der Waals surface area contributed by atoms with Crippen LogP contribution in [0.25, 0.3) is 0 Å². The molecule has 1 aromatic carbocycles. The van der Waals surface area contributed by atoms with Gasteiger partial charge in [-0.1, -0.05) is 0 Å². The van der Waals surface area contributed by atoms with Gasteiger partial charge in [0.1, 0.15) is 5.82 Å². The molecule has 0 atom stereocenters. The Labute approximate surface area is 122 Å². The van der Waals surface area contributed by atoms with Crippen LogP contribution in [-0.4, -0.2) is 18.1 Å². The molecule has 3 N–H and O–H groups in total. The van der Waals surface area contributed by atoms with Crippen molar-refractivity contribution >= 4 is 17.4 Å². The summed E-state index contributed by atoms with van der Waals surface area (Å²) in [5, 5.41) is 8.17. The minimum Gasteiger partial charge on any atom is -0.316 e. The normalized spacial score (nSPS) is 10.2. The maximum atomic E-state index is 13.5. The number of pyridine rings is 1. The first-order chi connectivity index (χ1) is 10.1. The lowest BCUT2D eigenvalue weighted by Gasteiger charge is -2.09. The van der Waals surface area contributed by atoms with Crippen LogP contribution < -0.4 is 16.0 Å². The monoisotopic (exact) mass is 288 g/mol. The van der Waals surface area contributed by atoms with Gasteiger partial charge < -0.3 is 16.0 Å². The first kappa shape index (κ1) is 14.9. The number of benzene rings is 1. The van der Waals surface area contributed by atoms with Gasteiger partial charge in [-0.15, -0.1) is 0 Å². The van der Waals surface area contributed by atoms with Gasteiger partial charge in [0.15, 0.2) is 0 Å². The van der Waals surface area contributed by atoms with E-state index in [9.17, 15) is 9.18 Å². The van der Waals surface area contributed by atoms with E-state index in [4.69, 9.17) is 0 Å². The molecule has 2 amide bonds. The van der Waals surface area contributed by atoms with E-state index in [1.54, 1.807) is 31.4 Å². The van der Waals surface area contributed by atoms with Gasteiger partial charge in [0.25, 0.3) is 0 Å². The van der Waals surface area contributed by atoms with Gasteiger partial charge in [0, 0.05) is 17.9 Å². The van der Waals surface area contributed by atoms with Crippen molar-refractivity contribution in [2.45, 2.75) is 13.5 Å². The molecule has 0 aliphatic rings. The number of nitrogens with zero attached hydrogens (tertiary/aromatic N) is 1. The highest BCUT2D eigenvalue weighted by Crippen LogP contribution is 2.15. The number of carbonyl (C=O) groups is 1. The number of aromatic nitrogens is 1. The van der Waals surface area contributed by atoms with Crippen molar-refractivity contribution in [2.75, 3.05) is 17.7 Å². The van der Waals surface area contributed by atoms with Gasteiger partial charge in [-0.2, -0.15) is 0 Å². The molecule has 0 saturated carbocycles. The highest BCUT2D eigenvalue weighted by molar-refractivity contribution is 5.99. The molecule has 2 rings (SSSR count). The van der Waals surface area contributed by atoms with Gasteiger partial charge >= 0.3 is 6.03 Å². The Hall–Kier alpha value is -2.47. The SMILES string of the molecule is CNCc1cc(F)cc(NC(=O)Nc2ccc(C)nc2)c1. The molecule has 0 unspecified atom stereocenters. The van der Waals surface area contributed by atoms with Crippen molar-refractivity contribution in [1.29, 1.82) is 0 Å². The maximum Gasteiger partial charge on any atom is 0.323 e. The largest absolute Gasteiger partial charge is 0.323 e. The Kier molecular flexibility index (Phi) is 4.84. The molecule has 0 bridgehead atoms. The summed E-state index contributed by atoms with van der Waals surface area (Å²) in [4.78, 5) is 15.9. The Morgan fingerprint density at radius 1 is 1.19 bits per heavy atom. The first-order valence-corrected chi connectivity index (χ1v) is 6.51. The molecule has 1 aromatic heterocycles. The van der Waals surface area contributed by atoms with Crippen molar-refractivity contribution < 1.29 is 9.18 Å². The third-order valence-electron chi connectivity index (χ3n) is 2.77. The predicted molar refractivity (Wildman–Crippen MR) is 80.8 cm³/mol. The summed E-state index contributed by atoms with van der Waals surface area (Å²) in [7, 11) is 1.77. The van der Waals surface area contributed by atoms with Crippen LogP contribution in [-0.2, 0) is 6.54 Å². The minimum atomic E-state index is -0.443. The molecule has 5 nitrogen and oxygen atoms in total. The Morgan fingerprint density at radius 2 is 1.95 bits per heavy atom. The molecule has 0 aliphatic heterocycles. The fraction of sp³-hybridized carbons (Fsp3) is 0.200. The van der Waals surface area contributed by atoms with Gasteiger partial charge in [-0.05, 0) is 49.9 Å². The standard InChI is InChI=1S/C15H17FN4O/c1-10-3-4-13(9-18-10)19-15(21)20-14-6-11(8-17-2)5-12(16)7-14/h3-7,9,17H,8H2,1-2H3,(H2,19,20,21). The van der Waals surface area contributed by atoms with Gasteiger partial charge in [-0.3, -0.25) is 4.98 Å². The molecule has 21 heavy (non-hydrogen) atoms. The molecule has 6 heteroatoms. The summed E-state index contributed by atoms with van der Waals surface area (Å²) in [6.45, 7) is 2.38. The van der Waals surface area contributed by atoms with Crippen LogP contribution in [0, 0.1) is 12.7 Å². The van der Waals surface area contributed by atoms with Gasteiger partial charge in [0.2, 0.25) is 0 Å². The van der Waals surface area contributed by atoms with Crippen LogP contribution in [0.3, 0.4) is 0 Å². The highest BCUT2D eigenvalue weighted by Gasteiger charge is 2.06. The van der Waals surface area contributed by atoms with Crippen LogP contribution in [0.4, 0.5) is 20.6 Å². The Bertz CT molecular complexity index is 628. The summed E-state index contributed by atoms with van der Waals surface area (Å²) >= 11 is 0. The number of hydrogen-bond donors (Lipinski definition) is 3. The van der Waals surface area contributed by atoms with Crippen molar-refractivity contribution in [1.82, 2.24) is 10.3 Å². The summed E-state index contributed by atoms with van der Waals surface area (Å²) in [6.07, 6.45) is 1.56.